The summed E-state index contributed by atoms with van der Waals surface area (Å²) in [4.78, 5) is 0. The summed E-state index contributed by atoms with van der Waals surface area (Å²) in [5.41, 5.74) is 0. The predicted molar refractivity (Wildman–Crippen MR) is 67.4 cm³/mol. The minimum absolute atomic E-state index is 0.105. The standard InChI is InChI=1S/C11H25NO3S/c1-5-10(2)11(3)12-6-7-15-8-9-16(4,13)14/h10-12H,5-9H2,1-4H3. The van der Waals surface area contributed by atoms with Crippen molar-refractivity contribution < 1.29 is 13.2 Å². The summed E-state index contributed by atoms with van der Waals surface area (Å²) in [5.74, 6) is 0.754. The molecule has 2 atom stereocenters. The SMILES string of the molecule is CCC(C)C(C)NCCOCCS(C)(=O)=O. The summed E-state index contributed by atoms with van der Waals surface area (Å²) < 4.78 is 26.8. The minimum Gasteiger partial charge on any atom is -0.379 e. The highest BCUT2D eigenvalue weighted by Crippen LogP contribution is 2.05. The molecule has 0 aromatic carbocycles. The molecule has 0 amide bonds. The van der Waals surface area contributed by atoms with Gasteiger partial charge in [0.2, 0.25) is 0 Å². The molecule has 0 fully saturated rings. The quantitative estimate of drug-likeness (QED) is 0.623. The number of ether oxygens (including phenoxy) is 1. The zero-order valence-corrected chi connectivity index (χ0v) is 11.6. The molecule has 1 N–H and O–H groups in total. The lowest BCUT2D eigenvalue weighted by molar-refractivity contribution is 0.146. The van der Waals surface area contributed by atoms with Crippen LogP contribution in [-0.4, -0.2) is 46.2 Å². The van der Waals surface area contributed by atoms with Gasteiger partial charge in [0.25, 0.3) is 0 Å². The molecular formula is C11H25NO3S. The van der Waals surface area contributed by atoms with Gasteiger partial charge in [-0.3, -0.25) is 0 Å². The maximum Gasteiger partial charge on any atom is 0.149 e. The monoisotopic (exact) mass is 251 g/mol. The highest BCUT2D eigenvalue weighted by molar-refractivity contribution is 7.90. The van der Waals surface area contributed by atoms with E-state index >= 15 is 0 Å². The van der Waals surface area contributed by atoms with Gasteiger partial charge in [0.15, 0.2) is 0 Å². The normalized spacial score (nSPS) is 16.0. The second-order valence-electron chi connectivity index (χ2n) is 4.37. The third-order valence-corrected chi connectivity index (χ3v) is 3.72. The number of hydrogen-bond donors (Lipinski definition) is 1. The fraction of sp³-hybridized carbons (Fsp3) is 1.00. The predicted octanol–water partition coefficient (Wildman–Crippen LogP) is 1.07. The molecule has 5 heteroatoms. The first-order valence-corrected chi connectivity index (χ1v) is 7.91. The summed E-state index contributed by atoms with van der Waals surface area (Å²) in [7, 11) is -2.89. The van der Waals surface area contributed by atoms with Gasteiger partial charge in [-0.1, -0.05) is 20.3 Å². The lowest BCUT2D eigenvalue weighted by atomic mass is 10.0. The van der Waals surface area contributed by atoms with E-state index in [4.69, 9.17) is 4.74 Å². The molecule has 0 rings (SSSR count). The summed E-state index contributed by atoms with van der Waals surface area (Å²) in [6, 6.07) is 0.475. The third-order valence-electron chi connectivity index (χ3n) is 2.81. The largest absolute Gasteiger partial charge is 0.379 e. The Hall–Kier alpha value is -0.130. The Morgan fingerprint density at radius 2 is 1.88 bits per heavy atom. The Labute approximate surface area is 99.7 Å². The van der Waals surface area contributed by atoms with E-state index in [2.05, 4.69) is 26.1 Å². The van der Waals surface area contributed by atoms with Crippen molar-refractivity contribution in [2.75, 3.05) is 31.8 Å². The van der Waals surface area contributed by atoms with E-state index in [0.29, 0.717) is 18.6 Å². The zero-order chi connectivity index (χ0) is 12.6. The van der Waals surface area contributed by atoms with Crippen LogP contribution in [0.25, 0.3) is 0 Å². The summed E-state index contributed by atoms with van der Waals surface area (Å²) in [6.45, 7) is 8.17. The molecule has 2 unspecified atom stereocenters. The van der Waals surface area contributed by atoms with Gasteiger partial charge in [-0.2, -0.15) is 0 Å². The number of rotatable bonds is 9. The Morgan fingerprint density at radius 3 is 2.38 bits per heavy atom. The van der Waals surface area contributed by atoms with Crippen LogP contribution in [0.2, 0.25) is 0 Å². The average Bonchev–Trinajstić information content (AvgIpc) is 2.20. The molecule has 0 saturated carbocycles. The molecule has 0 aliphatic rings. The van der Waals surface area contributed by atoms with Gasteiger partial charge in [0, 0.05) is 18.8 Å². The van der Waals surface area contributed by atoms with Crippen LogP contribution < -0.4 is 5.32 Å². The first-order chi connectivity index (χ1) is 7.37. The van der Waals surface area contributed by atoms with Crippen LogP contribution in [0.1, 0.15) is 27.2 Å². The molecule has 0 heterocycles. The van der Waals surface area contributed by atoms with Crippen molar-refractivity contribution in [3.05, 3.63) is 0 Å². The van der Waals surface area contributed by atoms with Crippen molar-refractivity contribution in [1.82, 2.24) is 5.32 Å². The molecule has 0 radical (unpaired) electrons. The van der Waals surface area contributed by atoms with Crippen LogP contribution in [0.5, 0.6) is 0 Å². The van der Waals surface area contributed by atoms with E-state index < -0.39 is 9.84 Å². The molecule has 4 nitrogen and oxygen atoms in total. The molecule has 0 aromatic rings. The molecule has 0 bridgehead atoms. The zero-order valence-electron chi connectivity index (χ0n) is 10.8. The van der Waals surface area contributed by atoms with Crippen molar-refractivity contribution in [1.29, 1.82) is 0 Å². The van der Waals surface area contributed by atoms with Crippen LogP contribution in [-0.2, 0) is 14.6 Å². The Balaban J connectivity index is 3.40. The molecule has 0 aliphatic heterocycles. The van der Waals surface area contributed by atoms with E-state index in [1.54, 1.807) is 0 Å². The number of hydrogen-bond acceptors (Lipinski definition) is 4. The summed E-state index contributed by atoms with van der Waals surface area (Å²) in [6.07, 6.45) is 2.38. The topological polar surface area (TPSA) is 55.4 Å². The van der Waals surface area contributed by atoms with Crippen molar-refractivity contribution in [3.8, 4) is 0 Å². The Bertz CT molecular complexity index is 264. The fourth-order valence-corrected chi connectivity index (χ4v) is 1.65. The average molecular weight is 251 g/mol. The van der Waals surface area contributed by atoms with Crippen LogP contribution >= 0.6 is 0 Å². The van der Waals surface area contributed by atoms with Gasteiger partial charge in [-0.25, -0.2) is 8.42 Å². The van der Waals surface area contributed by atoms with Gasteiger partial charge in [0.1, 0.15) is 9.84 Å². The molecule has 0 aromatic heterocycles. The first-order valence-electron chi connectivity index (χ1n) is 5.85. The van der Waals surface area contributed by atoms with Crippen molar-refractivity contribution in [2.45, 2.75) is 33.2 Å². The molecule has 0 aliphatic carbocycles. The smallest absolute Gasteiger partial charge is 0.149 e. The molecule has 16 heavy (non-hydrogen) atoms. The number of sulfone groups is 1. The molecule has 0 spiro atoms. The lowest BCUT2D eigenvalue weighted by Gasteiger charge is -2.19. The van der Waals surface area contributed by atoms with Crippen molar-refractivity contribution in [3.63, 3.8) is 0 Å². The van der Waals surface area contributed by atoms with Gasteiger partial charge in [-0.15, -0.1) is 0 Å². The van der Waals surface area contributed by atoms with Crippen LogP contribution in [0.4, 0.5) is 0 Å². The first kappa shape index (κ1) is 15.9. The Morgan fingerprint density at radius 1 is 1.25 bits per heavy atom. The van der Waals surface area contributed by atoms with Gasteiger partial charge >= 0.3 is 0 Å². The van der Waals surface area contributed by atoms with Gasteiger partial charge < -0.3 is 10.1 Å². The lowest BCUT2D eigenvalue weighted by Crippen LogP contribution is -2.34. The molecular weight excluding hydrogens is 226 g/mol. The maximum absolute atomic E-state index is 10.8. The van der Waals surface area contributed by atoms with Crippen LogP contribution in [0, 0.1) is 5.92 Å². The van der Waals surface area contributed by atoms with E-state index in [-0.39, 0.29) is 12.4 Å². The van der Waals surface area contributed by atoms with Crippen molar-refractivity contribution in [2.24, 2.45) is 5.92 Å². The Kier molecular flexibility index (Phi) is 7.97. The van der Waals surface area contributed by atoms with E-state index in [0.717, 1.165) is 13.0 Å². The van der Waals surface area contributed by atoms with Crippen molar-refractivity contribution >= 4 is 9.84 Å². The van der Waals surface area contributed by atoms with E-state index in [9.17, 15) is 8.42 Å². The number of nitrogens with one attached hydrogen (secondary N) is 1. The second kappa shape index (κ2) is 8.03. The highest BCUT2D eigenvalue weighted by Gasteiger charge is 2.08. The second-order valence-corrected chi connectivity index (χ2v) is 6.63. The summed E-state index contributed by atoms with van der Waals surface area (Å²) >= 11 is 0. The van der Waals surface area contributed by atoms with E-state index in [1.807, 2.05) is 0 Å². The van der Waals surface area contributed by atoms with Gasteiger partial charge in [-0.05, 0) is 12.8 Å². The molecule has 0 saturated heterocycles. The fourth-order valence-electron chi connectivity index (χ4n) is 1.23. The summed E-state index contributed by atoms with van der Waals surface area (Å²) in [5, 5.41) is 3.36. The van der Waals surface area contributed by atoms with E-state index in [1.165, 1.54) is 6.26 Å². The van der Waals surface area contributed by atoms with Gasteiger partial charge in [0.05, 0.1) is 19.0 Å². The van der Waals surface area contributed by atoms with Crippen LogP contribution in [0.15, 0.2) is 0 Å². The molecule has 98 valence electrons. The third kappa shape index (κ3) is 9.12. The van der Waals surface area contributed by atoms with Crippen LogP contribution in [0.3, 0.4) is 0 Å². The minimum atomic E-state index is -2.89. The maximum atomic E-state index is 10.8. The highest BCUT2D eigenvalue weighted by atomic mass is 32.2.